The Kier molecular flexibility index (Phi) is 2.32. The quantitative estimate of drug-likeness (QED) is 0.646. The summed E-state index contributed by atoms with van der Waals surface area (Å²) in [5.41, 5.74) is 0. The highest BCUT2D eigenvalue weighted by atomic mass is 16.8. The summed E-state index contributed by atoms with van der Waals surface area (Å²) >= 11 is 0. The third kappa shape index (κ3) is 1.58. The first-order valence-electron chi connectivity index (χ1n) is 5.89. The van der Waals surface area contributed by atoms with Crippen molar-refractivity contribution in [1.82, 2.24) is 5.06 Å². The molecule has 2 heterocycles. The van der Waals surface area contributed by atoms with Gasteiger partial charge in [0.1, 0.15) is 12.2 Å². The third-order valence-corrected chi connectivity index (χ3v) is 3.71. The second-order valence-electron chi connectivity index (χ2n) is 5.44. The van der Waals surface area contributed by atoms with Crippen LogP contribution in [-0.2, 0) is 14.3 Å². The molecule has 5 nitrogen and oxygen atoms in total. The van der Waals surface area contributed by atoms with E-state index < -0.39 is 11.9 Å². The number of likely N-dealkylation sites (N-methyl/N-ethyl adjacent to an activating group) is 1. The van der Waals surface area contributed by atoms with E-state index in [9.17, 15) is 5.11 Å². The Morgan fingerprint density at radius 3 is 2.62 bits per heavy atom. The van der Waals surface area contributed by atoms with Gasteiger partial charge in [-0.15, -0.1) is 0 Å². The van der Waals surface area contributed by atoms with Crippen molar-refractivity contribution in [3.63, 3.8) is 0 Å². The van der Waals surface area contributed by atoms with Crippen LogP contribution in [0.5, 0.6) is 0 Å². The highest BCUT2D eigenvalue weighted by Crippen LogP contribution is 2.41. The average molecular weight is 229 g/mol. The Labute approximate surface area is 95.2 Å². The Morgan fingerprint density at radius 2 is 1.88 bits per heavy atom. The van der Waals surface area contributed by atoms with Gasteiger partial charge in [0.2, 0.25) is 0 Å². The van der Waals surface area contributed by atoms with E-state index in [-0.39, 0.29) is 24.4 Å². The molecular formula is C11H19NO4. The molecule has 3 aliphatic rings. The van der Waals surface area contributed by atoms with Crippen molar-refractivity contribution in [1.29, 1.82) is 0 Å². The molecule has 92 valence electrons. The van der Waals surface area contributed by atoms with Crippen LogP contribution >= 0.6 is 0 Å². The first-order valence-corrected chi connectivity index (χ1v) is 5.89. The van der Waals surface area contributed by atoms with Crippen LogP contribution < -0.4 is 0 Å². The van der Waals surface area contributed by atoms with Gasteiger partial charge in [0.15, 0.2) is 5.79 Å². The van der Waals surface area contributed by atoms with Crippen LogP contribution in [-0.4, -0.2) is 53.5 Å². The SMILES string of the molecule is CN1O[C@@H]2C[C@@H](O)C3OC(C)(C)OC3[C@H]1C2. The summed E-state index contributed by atoms with van der Waals surface area (Å²) in [6.45, 7) is 3.78. The number of aliphatic hydroxyl groups excluding tert-OH is 1. The van der Waals surface area contributed by atoms with E-state index in [1.807, 2.05) is 26.0 Å². The first kappa shape index (κ1) is 10.9. The molecule has 1 saturated carbocycles. The maximum atomic E-state index is 10.1. The normalized spacial score (nSPS) is 51.4. The number of ether oxygens (including phenoxy) is 2. The van der Waals surface area contributed by atoms with Crippen LogP contribution in [0.15, 0.2) is 0 Å². The molecule has 2 aliphatic heterocycles. The minimum Gasteiger partial charge on any atom is -0.390 e. The van der Waals surface area contributed by atoms with Gasteiger partial charge in [-0.05, 0) is 20.3 Å². The lowest BCUT2D eigenvalue weighted by Crippen LogP contribution is -2.46. The Morgan fingerprint density at radius 1 is 1.19 bits per heavy atom. The maximum Gasteiger partial charge on any atom is 0.163 e. The molecule has 2 saturated heterocycles. The fourth-order valence-corrected chi connectivity index (χ4v) is 3.07. The van der Waals surface area contributed by atoms with Crippen molar-refractivity contribution in [2.24, 2.45) is 0 Å². The van der Waals surface area contributed by atoms with Crippen LogP contribution in [0.1, 0.15) is 26.7 Å². The van der Waals surface area contributed by atoms with Gasteiger partial charge in [-0.3, -0.25) is 4.84 Å². The summed E-state index contributed by atoms with van der Waals surface area (Å²) in [6, 6.07) is 0.189. The number of nitrogens with zero attached hydrogens (tertiary/aromatic N) is 1. The van der Waals surface area contributed by atoms with Crippen LogP contribution in [0.2, 0.25) is 0 Å². The van der Waals surface area contributed by atoms with Gasteiger partial charge in [-0.1, -0.05) is 0 Å². The van der Waals surface area contributed by atoms with Crippen molar-refractivity contribution in [2.75, 3.05) is 7.05 Å². The lowest BCUT2D eigenvalue weighted by atomic mass is 10.0. The van der Waals surface area contributed by atoms with Crippen LogP contribution in [0.3, 0.4) is 0 Å². The highest BCUT2D eigenvalue weighted by Gasteiger charge is 2.54. The largest absolute Gasteiger partial charge is 0.390 e. The van der Waals surface area contributed by atoms with Gasteiger partial charge in [-0.25, -0.2) is 0 Å². The summed E-state index contributed by atoms with van der Waals surface area (Å²) in [4.78, 5) is 5.65. The molecule has 0 aromatic carbocycles. The van der Waals surface area contributed by atoms with E-state index in [1.165, 1.54) is 0 Å². The second kappa shape index (κ2) is 3.40. The second-order valence-corrected chi connectivity index (χ2v) is 5.44. The number of fused-ring (bicyclic) bond motifs is 4. The zero-order chi connectivity index (χ0) is 11.5. The average Bonchev–Trinajstić information content (AvgIpc) is 2.63. The molecule has 1 aliphatic carbocycles. The minimum atomic E-state index is -0.605. The minimum absolute atomic E-state index is 0.0949. The molecule has 2 unspecified atom stereocenters. The first-order chi connectivity index (χ1) is 7.46. The lowest BCUT2D eigenvalue weighted by molar-refractivity contribution is -0.183. The summed E-state index contributed by atoms with van der Waals surface area (Å²) in [6.07, 6.45) is 0.829. The summed E-state index contributed by atoms with van der Waals surface area (Å²) < 4.78 is 11.7. The standard InChI is InChI=1S/C11H19NO4/c1-11(2)14-9-7-4-6(16-12(7)3)5-8(13)10(9)15-11/h6-10,13H,4-5H2,1-3H3/t6-,7+,8+,9?,10?/m0/s1. The molecule has 3 fully saturated rings. The monoisotopic (exact) mass is 229 g/mol. The number of rotatable bonds is 0. The van der Waals surface area contributed by atoms with E-state index in [4.69, 9.17) is 14.3 Å². The fourth-order valence-electron chi connectivity index (χ4n) is 3.07. The van der Waals surface area contributed by atoms with E-state index >= 15 is 0 Å². The number of hydrogen-bond donors (Lipinski definition) is 1. The number of hydrogen-bond acceptors (Lipinski definition) is 5. The van der Waals surface area contributed by atoms with E-state index in [0.717, 1.165) is 6.42 Å². The van der Waals surface area contributed by atoms with E-state index in [2.05, 4.69) is 0 Å². The van der Waals surface area contributed by atoms with Crippen molar-refractivity contribution in [3.05, 3.63) is 0 Å². The molecule has 16 heavy (non-hydrogen) atoms. The molecule has 0 radical (unpaired) electrons. The van der Waals surface area contributed by atoms with Crippen molar-refractivity contribution < 1.29 is 19.4 Å². The topological polar surface area (TPSA) is 51.2 Å². The molecule has 5 heteroatoms. The van der Waals surface area contributed by atoms with E-state index in [1.54, 1.807) is 0 Å². The molecule has 0 aromatic heterocycles. The lowest BCUT2D eigenvalue weighted by Gasteiger charge is -2.29. The fraction of sp³-hybridized carbons (Fsp3) is 1.00. The zero-order valence-electron chi connectivity index (χ0n) is 9.92. The summed E-state index contributed by atoms with van der Waals surface area (Å²) in [5.74, 6) is -0.605. The number of hydroxylamine groups is 2. The highest BCUT2D eigenvalue weighted by molar-refractivity contribution is 5.00. The molecule has 0 amide bonds. The van der Waals surface area contributed by atoms with Gasteiger partial charge in [0.25, 0.3) is 0 Å². The molecule has 5 atom stereocenters. The van der Waals surface area contributed by atoms with Crippen molar-refractivity contribution in [2.45, 2.75) is 62.9 Å². The van der Waals surface area contributed by atoms with Crippen molar-refractivity contribution in [3.8, 4) is 0 Å². The molecule has 1 N–H and O–H groups in total. The summed E-state index contributed by atoms with van der Waals surface area (Å²) in [5, 5.41) is 12.0. The third-order valence-electron chi connectivity index (χ3n) is 3.71. The predicted molar refractivity (Wildman–Crippen MR) is 55.5 cm³/mol. The van der Waals surface area contributed by atoms with Crippen LogP contribution in [0.25, 0.3) is 0 Å². The van der Waals surface area contributed by atoms with Gasteiger partial charge in [0, 0.05) is 13.5 Å². The summed E-state index contributed by atoms with van der Waals surface area (Å²) in [7, 11) is 1.92. The van der Waals surface area contributed by atoms with Gasteiger partial charge >= 0.3 is 0 Å². The molecule has 3 rings (SSSR count). The van der Waals surface area contributed by atoms with E-state index in [0.29, 0.717) is 6.42 Å². The predicted octanol–water partition coefficient (Wildman–Crippen LogP) is 0.275. The molecule has 0 spiro atoms. The Balaban J connectivity index is 1.89. The van der Waals surface area contributed by atoms with Crippen LogP contribution in [0, 0.1) is 0 Å². The Hall–Kier alpha value is -0.200. The van der Waals surface area contributed by atoms with Crippen molar-refractivity contribution >= 4 is 0 Å². The zero-order valence-corrected chi connectivity index (χ0v) is 9.92. The molecular weight excluding hydrogens is 210 g/mol. The molecule has 2 bridgehead atoms. The van der Waals surface area contributed by atoms with Gasteiger partial charge in [0.05, 0.1) is 18.2 Å². The maximum absolute atomic E-state index is 10.1. The van der Waals surface area contributed by atoms with Gasteiger partial charge < -0.3 is 14.6 Å². The molecule has 0 aromatic rings. The number of aliphatic hydroxyl groups is 1. The smallest absolute Gasteiger partial charge is 0.163 e. The van der Waals surface area contributed by atoms with Crippen LogP contribution in [0.4, 0.5) is 0 Å². The van der Waals surface area contributed by atoms with Gasteiger partial charge in [-0.2, -0.15) is 5.06 Å². The Bertz CT molecular complexity index is 294.